The van der Waals surface area contributed by atoms with Crippen LogP contribution in [0.1, 0.15) is 75.8 Å². The molecule has 0 heterocycles. The Hall–Kier alpha value is -1.13. The number of nitro benzene ring substituents is 1. The Balaban J connectivity index is 2.46. The fraction of sp³-hybridized carbons (Fsp3) is 0.538. The zero-order valence-electron chi connectivity index (χ0n) is 22.4. The monoisotopic (exact) mass is 627 g/mol. The molecule has 0 radical (unpaired) electrons. The molecule has 0 bridgehead atoms. The van der Waals surface area contributed by atoms with E-state index in [1.54, 1.807) is 0 Å². The highest BCUT2D eigenvalue weighted by Crippen LogP contribution is 2.43. The molecular formula is C26H33Cl4NO6S. The van der Waals surface area contributed by atoms with Crippen molar-refractivity contribution >= 4 is 62.2 Å². The van der Waals surface area contributed by atoms with E-state index in [0.29, 0.717) is 5.56 Å². The Morgan fingerprint density at radius 3 is 1.82 bits per heavy atom. The van der Waals surface area contributed by atoms with E-state index in [-0.39, 0.29) is 32.7 Å². The summed E-state index contributed by atoms with van der Waals surface area (Å²) in [6, 6.07) is 8.14. The average molecular weight is 629 g/mol. The van der Waals surface area contributed by atoms with Crippen LogP contribution in [-0.2, 0) is 36.5 Å². The van der Waals surface area contributed by atoms with E-state index >= 15 is 0 Å². The molecule has 0 aliphatic rings. The highest BCUT2D eigenvalue weighted by atomic mass is 35.6. The number of nitro groups is 1. The van der Waals surface area contributed by atoms with Crippen LogP contribution >= 0.6 is 46.4 Å². The van der Waals surface area contributed by atoms with Crippen LogP contribution in [0.4, 0.5) is 5.69 Å². The summed E-state index contributed by atoms with van der Waals surface area (Å²) < 4.78 is 29.5. The molecule has 212 valence electrons. The van der Waals surface area contributed by atoms with Gasteiger partial charge in [0.2, 0.25) is 0 Å². The lowest BCUT2D eigenvalue weighted by Crippen LogP contribution is -2.37. The predicted octanol–water partition coefficient (Wildman–Crippen LogP) is 7.65. The second-order valence-electron chi connectivity index (χ2n) is 11.6. The first-order valence-electron chi connectivity index (χ1n) is 11.7. The molecule has 0 saturated carbocycles. The number of aliphatic hydroxyl groups is 1. The number of benzene rings is 2. The molecule has 2 aromatic carbocycles. The second-order valence-corrected chi connectivity index (χ2v) is 16.2. The van der Waals surface area contributed by atoms with E-state index in [1.165, 1.54) is 13.0 Å². The van der Waals surface area contributed by atoms with E-state index in [4.69, 9.17) is 50.6 Å². The van der Waals surface area contributed by atoms with Gasteiger partial charge in [-0.1, -0.05) is 106 Å². The maximum absolute atomic E-state index is 13.1. The standard InChI is InChI=1S/C26H33Cl4NO6S/c1-16-8-20(12-21(27)22(16)31(33)34)25(32,14-26(28,29)30)15-37-38(35,36)13-17-9-18(23(2,3)4)11-19(10-17)24(5,6)7/h8-12,32H,13-15H2,1-7H3. The van der Waals surface area contributed by atoms with Gasteiger partial charge in [0, 0.05) is 12.0 Å². The lowest BCUT2D eigenvalue weighted by Gasteiger charge is -2.31. The minimum Gasteiger partial charge on any atom is -0.383 e. The summed E-state index contributed by atoms with van der Waals surface area (Å²) in [5.74, 6) is -0.454. The number of hydrogen-bond acceptors (Lipinski definition) is 6. The van der Waals surface area contributed by atoms with Crippen LogP contribution in [0.3, 0.4) is 0 Å². The summed E-state index contributed by atoms with van der Waals surface area (Å²) in [5.41, 5.74) is -0.330. The smallest absolute Gasteiger partial charge is 0.290 e. The summed E-state index contributed by atoms with van der Waals surface area (Å²) >= 11 is 24.0. The lowest BCUT2D eigenvalue weighted by molar-refractivity contribution is -0.385. The van der Waals surface area contributed by atoms with Crippen LogP contribution in [-0.4, -0.2) is 28.8 Å². The third kappa shape index (κ3) is 8.95. The quantitative estimate of drug-likeness (QED) is 0.139. The number of nitrogens with zero attached hydrogens (tertiary/aromatic N) is 1. The van der Waals surface area contributed by atoms with Gasteiger partial charge in [0.15, 0.2) is 3.79 Å². The Morgan fingerprint density at radius 2 is 1.42 bits per heavy atom. The van der Waals surface area contributed by atoms with E-state index in [0.717, 1.165) is 17.2 Å². The Morgan fingerprint density at radius 1 is 0.921 bits per heavy atom. The maximum Gasteiger partial charge on any atom is 0.290 e. The molecule has 2 rings (SSSR count). The molecule has 0 aromatic heterocycles. The van der Waals surface area contributed by atoms with E-state index < -0.39 is 43.2 Å². The van der Waals surface area contributed by atoms with Crippen LogP contribution in [0.15, 0.2) is 30.3 Å². The van der Waals surface area contributed by atoms with Crippen molar-refractivity contribution < 1.29 is 22.6 Å². The predicted molar refractivity (Wildman–Crippen MR) is 154 cm³/mol. The van der Waals surface area contributed by atoms with Crippen LogP contribution in [0.5, 0.6) is 0 Å². The van der Waals surface area contributed by atoms with Crippen LogP contribution < -0.4 is 0 Å². The van der Waals surface area contributed by atoms with Gasteiger partial charge in [-0.25, -0.2) is 0 Å². The third-order valence-corrected chi connectivity index (χ3v) is 7.87. The highest BCUT2D eigenvalue weighted by molar-refractivity contribution is 7.85. The van der Waals surface area contributed by atoms with Crippen LogP contribution in [0.2, 0.25) is 5.02 Å². The van der Waals surface area contributed by atoms with Crippen molar-refractivity contribution in [3.05, 3.63) is 73.3 Å². The summed E-state index contributed by atoms with van der Waals surface area (Å²) in [6.07, 6.45) is -0.568. The van der Waals surface area contributed by atoms with Crippen molar-refractivity contribution in [3.8, 4) is 0 Å². The largest absolute Gasteiger partial charge is 0.383 e. The zero-order chi connectivity index (χ0) is 29.5. The third-order valence-electron chi connectivity index (χ3n) is 6.01. The molecule has 1 unspecified atom stereocenters. The van der Waals surface area contributed by atoms with Gasteiger partial charge in [-0.05, 0) is 52.1 Å². The van der Waals surface area contributed by atoms with Crippen LogP contribution in [0, 0.1) is 17.0 Å². The van der Waals surface area contributed by atoms with Gasteiger partial charge < -0.3 is 5.11 Å². The van der Waals surface area contributed by atoms with Crippen molar-refractivity contribution in [1.82, 2.24) is 0 Å². The van der Waals surface area contributed by atoms with Crippen molar-refractivity contribution in [2.75, 3.05) is 6.61 Å². The molecule has 0 aliphatic heterocycles. The van der Waals surface area contributed by atoms with Crippen molar-refractivity contribution in [2.24, 2.45) is 0 Å². The molecule has 0 aliphatic carbocycles. The van der Waals surface area contributed by atoms with E-state index in [2.05, 4.69) is 6.07 Å². The van der Waals surface area contributed by atoms with Crippen molar-refractivity contribution in [2.45, 2.75) is 80.9 Å². The van der Waals surface area contributed by atoms with Gasteiger partial charge in [-0.2, -0.15) is 8.42 Å². The molecule has 12 heteroatoms. The molecule has 7 nitrogen and oxygen atoms in total. The second kappa shape index (κ2) is 11.4. The molecule has 2 aromatic rings. The Kier molecular flexibility index (Phi) is 9.92. The summed E-state index contributed by atoms with van der Waals surface area (Å²) in [4.78, 5) is 10.7. The lowest BCUT2D eigenvalue weighted by atomic mass is 9.80. The van der Waals surface area contributed by atoms with Crippen molar-refractivity contribution in [3.63, 3.8) is 0 Å². The molecule has 1 atom stereocenters. The normalized spacial score (nSPS) is 14.8. The minimum absolute atomic E-state index is 0.0110. The Labute approximate surface area is 244 Å². The number of rotatable bonds is 8. The number of halogens is 4. The van der Waals surface area contributed by atoms with Gasteiger partial charge in [-0.15, -0.1) is 0 Å². The number of aryl methyl sites for hydroxylation is 1. The first-order chi connectivity index (χ1) is 16.9. The molecule has 0 amide bonds. The molecular weight excluding hydrogens is 596 g/mol. The van der Waals surface area contributed by atoms with Gasteiger partial charge in [0.25, 0.3) is 15.8 Å². The first kappa shape index (κ1) is 33.1. The fourth-order valence-corrected chi connectivity index (χ4v) is 5.91. The van der Waals surface area contributed by atoms with Gasteiger partial charge in [-0.3, -0.25) is 14.3 Å². The van der Waals surface area contributed by atoms with E-state index in [1.807, 2.05) is 53.7 Å². The Bertz CT molecular complexity index is 1260. The number of hydrogen-bond donors (Lipinski definition) is 1. The van der Waals surface area contributed by atoms with Crippen molar-refractivity contribution in [1.29, 1.82) is 0 Å². The summed E-state index contributed by atoms with van der Waals surface area (Å²) in [5, 5.41) is 22.5. The molecule has 0 saturated heterocycles. The van der Waals surface area contributed by atoms with Gasteiger partial charge in [0.1, 0.15) is 16.4 Å². The van der Waals surface area contributed by atoms with E-state index in [9.17, 15) is 23.6 Å². The topological polar surface area (TPSA) is 107 Å². The summed E-state index contributed by atoms with van der Waals surface area (Å²) in [7, 11) is -4.23. The zero-order valence-corrected chi connectivity index (χ0v) is 26.2. The van der Waals surface area contributed by atoms with Crippen LogP contribution in [0.25, 0.3) is 0 Å². The fourth-order valence-electron chi connectivity index (χ4n) is 3.88. The average Bonchev–Trinajstić information content (AvgIpc) is 2.68. The summed E-state index contributed by atoms with van der Waals surface area (Å²) in [6.45, 7) is 12.9. The molecule has 1 N–H and O–H groups in total. The SMILES string of the molecule is Cc1cc(C(O)(COS(=O)(=O)Cc2cc(C(C)(C)C)cc(C(C)(C)C)c2)CC(Cl)(Cl)Cl)cc(Cl)c1[N+](=O)[O-]. The van der Waals surface area contributed by atoms with Gasteiger partial charge >= 0.3 is 0 Å². The number of alkyl halides is 3. The molecule has 0 fully saturated rings. The maximum atomic E-state index is 13.1. The van der Waals surface area contributed by atoms with Gasteiger partial charge in [0.05, 0.1) is 11.5 Å². The minimum atomic E-state index is -4.23. The molecule has 0 spiro atoms. The first-order valence-corrected chi connectivity index (χ1v) is 14.8. The molecule has 38 heavy (non-hydrogen) atoms. The highest BCUT2D eigenvalue weighted by Gasteiger charge is 2.41.